The molecule has 0 aromatic carbocycles. The van der Waals surface area contributed by atoms with Gasteiger partial charge in [-0.1, -0.05) is 0 Å². The maximum Gasteiger partial charge on any atom is 0.244 e. The molecule has 1 amide bonds. The third-order valence-corrected chi connectivity index (χ3v) is 5.77. The highest BCUT2D eigenvalue weighted by atomic mass is 16.2. The predicted molar refractivity (Wildman–Crippen MR) is 99.9 cm³/mol. The first-order chi connectivity index (χ1) is 12.8. The van der Waals surface area contributed by atoms with Gasteiger partial charge in [-0.05, 0) is 61.9 Å². The Morgan fingerprint density at radius 1 is 1.08 bits per heavy atom. The van der Waals surface area contributed by atoms with Crippen LogP contribution in [0.2, 0.25) is 0 Å². The lowest BCUT2D eigenvalue weighted by Crippen LogP contribution is -2.40. The molecular weight excluding hydrogens is 326 g/mol. The summed E-state index contributed by atoms with van der Waals surface area (Å²) in [4.78, 5) is 18.9. The minimum Gasteiger partial charge on any atom is -0.341 e. The van der Waals surface area contributed by atoms with Gasteiger partial charge >= 0.3 is 0 Å². The second-order valence-electron chi connectivity index (χ2n) is 7.39. The van der Waals surface area contributed by atoms with Crippen LogP contribution < -0.4 is 5.32 Å². The summed E-state index contributed by atoms with van der Waals surface area (Å²) >= 11 is 0. The molecule has 138 valence electrons. The molecule has 2 aliphatic rings. The third kappa shape index (κ3) is 3.80. The van der Waals surface area contributed by atoms with Crippen molar-refractivity contribution in [2.75, 3.05) is 26.2 Å². The van der Waals surface area contributed by atoms with Gasteiger partial charge in [-0.15, -0.1) is 0 Å². The molecule has 2 saturated heterocycles. The van der Waals surface area contributed by atoms with Gasteiger partial charge in [0, 0.05) is 49.8 Å². The van der Waals surface area contributed by atoms with Crippen molar-refractivity contribution in [1.82, 2.24) is 25.0 Å². The van der Waals surface area contributed by atoms with Crippen molar-refractivity contribution in [3.63, 3.8) is 0 Å². The molecule has 2 aromatic heterocycles. The van der Waals surface area contributed by atoms with E-state index >= 15 is 0 Å². The van der Waals surface area contributed by atoms with Crippen molar-refractivity contribution in [1.29, 1.82) is 0 Å². The first-order valence-electron chi connectivity index (χ1n) is 9.71. The molecule has 2 aromatic rings. The number of pyridine rings is 1. The number of aromatic nitrogens is 3. The summed E-state index contributed by atoms with van der Waals surface area (Å²) in [5, 5.41) is 7.87. The highest BCUT2D eigenvalue weighted by Gasteiger charge is 2.25. The molecule has 26 heavy (non-hydrogen) atoms. The van der Waals surface area contributed by atoms with Gasteiger partial charge < -0.3 is 10.2 Å². The molecule has 0 bridgehead atoms. The second kappa shape index (κ2) is 7.99. The molecule has 0 unspecified atom stereocenters. The van der Waals surface area contributed by atoms with E-state index in [9.17, 15) is 4.79 Å². The van der Waals surface area contributed by atoms with Gasteiger partial charge in [0.25, 0.3) is 0 Å². The van der Waals surface area contributed by atoms with E-state index in [0.717, 1.165) is 39.0 Å². The molecule has 4 heterocycles. The Kier molecular flexibility index (Phi) is 5.29. The molecule has 2 fully saturated rings. The fraction of sp³-hybridized carbons (Fsp3) is 0.550. The van der Waals surface area contributed by atoms with E-state index < -0.39 is 0 Å². The Labute approximate surface area is 154 Å². The number of carbonyl (C=O) groups excluding carboxylic acids is 1. The lowest BCUT2D eigenvalue weighted by molar-refractivity contribution is -0.133. The van der Waals surface area contributed by atoms with Gasteiger partial charge in [-0.3, -0.25) is 14.5 Å². The van der Waals surface area contributed by atoms with Crippen molar-refractivity contribution in [3.8, 4) is 0 Å². The highest BCUT2D eigenvalue weighted by molar-refractivity contribution is 5.76. The molecule has 1 N–H and O–H groups in total. The number of hydrogen-bond donors (Lipinski definition) is 1. The lowest BCUT2D eigenvalue weighted by Gasteiger charge is -2.32. The molecule has 0 spiro atoms. The first kappa shape index (κ1) is 17.2. The Morgan fingerprint density at radius 2 is 1.88 bits per heavy atom. The third-order valence-electron chi connectivity index (χ3n) is 5.77. The summed E-state index contributed by atoms with van der Waals surface area (Å²) in [6.07, 6.45) is 9.93. The van der Waals surface area contributed by atoms with Crippen molar-refractivity contribution in [2.24, 2.45) is 0 Å². The standard InChI is InChI=1S/C20H27N5O/c26-20(15-25-19(5-11-23-25)18-2-1-8-22-14-18)24-12-6-17(7-13-24)16-3-9-21-10-4-16/h3-5,9-11,17-18,22H,1-2,6-8,12-15H2/t18-/m1/s1. The zero-order valence-corrected chi connectivity index (χ0v) is 15.2. The van der Waals surface area contributed by atoms with E-state index in [1.54, 1.807) is 0 Å². The van der Waals surface area contributed by atoms with E-state index in [-0.39, 0.29) is 5.91 Å². The fourth-order valence-corrected chi connectivity index (χ4v) is 4.25. The van der Waals surface area contributed by atoms with Crippen LogP contribution in [0.25, 0.3) is 0 Å². The van der Waals surface area contributed by atoms with Gasteiger partial charge in [0.2, 0.25) is 5.91 Å². The summed E-state index contributed by atoms with van der Waals surface area (Å²) < 4.78 is 1.91. The van der Waals surface area contributed by atoms with Gasteiger partial charge in [0.15, 0.2) is 0 Å². The Bertz CT molecular complexity index is 715. The predicted octanol–water partition coefficient (Wildman–Crippen LogP) is 2.15. The van der Waals surface area contributed by atoms with Gasteiger partial charge in [0.05, 0.1) is 0 Å². The number of rotatable bonds is 4. The molecule has 1 atom stereocenters. The highest BCUT2D eigenvalue weighted by Crippen LogP contribution is 2.28. The number of nitrogens with one attached hydrogen (secondary N) is 1. The maximum atomic E-state index is 12.8. The van der Waals surface area contributed by atoms with E-state index in [1.807, 2.05) is 28.2 Å². The van der Waals surface area contributed by atoms with Crippen LogP contribution in [-0.4, -0.2) is 51.8 Å². The van der Waals surface area contributed by atoms with Crippen LogP contribution in [0.3, 0.4) is 0 Å². The minimum atomic E-state index is 0.187. The number of piperidine rings is 2. The van der Waals surface area contributed by atoms with Crippen LogP contribution in [0.5, 0.6) is 0 Å². The van der Waals surface area contributed by atoms with Crippen LogP contribution in [0, 0.1) is 0 Å². The van der Waals surface area contributed by atoms with Crippen LogP contribution in [-0.2, 0) is 11.3 Å². The lowest BCUT2D eigenvalue weighted by atomic mass is 9.90. The monoisotopic (exact) mass is 353 g/mol. The van der Waals surface area contributed by atoms with Crippen LogP contribution >= 0.6 is 0 Å². The zero-order valence-electron chi connectivity index (χ0n) is 15.2. The largest absolute Gasteiger partial charge is 0.341 e. The Hall–Kier alpha value is -2.21. The van der Waals surface area contributed by atoms with E-state index in [4.69, 9.17) is 0 Å². The summed E-state index contributed by atoms with van der Waals surface area (Å²) in [5.74, 6) is 1.19. The average molecular weight is 353 g/mol. The van der Waals surface area contributed by atoms with E-state index in [2.05, 4.69) is 33.6 Å². The van der Waals surface area contributed by atoms with Crippen molar-refractivity contribution in [2.45, 2.75) is 44.1 Å². The summed E-state index contributed by atoms with van der Waals surface area (Å²) in [7, 11) is 0. The van der Waals surface area contributed by atoms with Crippen LogP contribution in [0.4, 0.5) is 0 Å². The van der Waals surface area contributed by atoms with Gasteiger partial charge in [-0.2, -0.15) is 5.10 Å². The molecule has 4 rings (SSSR count). The average Bonchev–Trinajstić information content (AvgIpc) is 3.17. The summed E-state index contributed by atoms with van der Waals surface area (Å²) in [6.45, 7) is 4.09. The van der Waals surface area contributed by atoms with Crippen LogP contribution in [0.1, 0.15) is 48.8 Å². The number of amides is 1. The second-order valence-corrected chi connectivity index (χ2v) is 7.39. The van der Waals surface area contributed by atoms with Crippen LogP contribution in [0.15, 0.2) is 36.8 Å². The number of carbonyl (C=O) groups is 1. The molecule has 6 nitrogen and oxygen atoms in total. The maximum absolute atomic E-state index is 12.8. The van der Waals surface area contributed by atoms with E-state index in [1.165, 1.54) is 24.1 Å². The fourth-order valence-electron chi connectivity index (χ4n) is 4.25. The zero-order chi connectivity index (χ0) is 17.8. The molecule has 0 aliphatic carbocycles. The molecule has 6 heteroatoms. The van der Waals surface area contributed by atoms with Crippen molar-refractivity contribution < 1.29 is 4.79 Å². The number of hydrogen-bond acceptors (Lipinski definition) is 4. The number of likely N-dealkylation sites (tertiary alicyclic amines) is 1. The van der Waals surface area contributed by atoms with Gasteiger partial charge in [0.1, 0.15) is 6.54 Å². The topological polar surface area (TPSA) is 63.1 Å². The Balaban J connectivity index is 1.34. The minimum absolute atomic E-state index is 0.187. The quantitative estimate of drug-likeness (QED) is 0.915. The SMILES string of the molecule is O=C(Cn1nccc1[C@@H]1CCCNC1)N1CCC(c2ccncc2)CC1. The summed E-state index contributed by atoms with van der Waals surface area (Å²) in [6, 6.07) is 6.26. The molecular formula is C20H27N5O. The summed E-state index contributed by atoms with van der Waals surface area (Å²) in [5.41, 5.74) is 2.53. The molecule has 2 aliphatic heterocycles. The normalized spacial score (nSPS) is 21.7. The molecule has 0 radical (unpaired) electrons. The van der Waals surface area contributed by atoms with Crippen molar-refractivity contribution in [3.05, 3.63) is 48.0 Å². The van der Waals surface area contributed by atoms with Gasteiger partial charge in [-0.25, -0.2) is 0 Å². The number of nitrogens with zero attached hydrogens (tertiary/aromatic N) is 4. The smallest absolute Gasteiger partial charge is 0.244 e. The first-order valence-corrected chi connectivity index (χ1v) is 9.71. The Morgan fingerprint density at radius 3 is 2.62 bits per heavy atom. The molecule has 0 saturated carbocycles. The van der Waals surface area contributed by atoms with E-state index in [0.29, 0.717) is 18.4 Å². The van der Waals surface area contributed by atoms with Crippen molar-refractivity contribution >= 4 is 5.91 Å².